The van der Waals surface area contributed by atoms with E-state index in [-0.39, 0.29) is 35.0 Å². The molecule has 1 aliphatic carbocycles. The number of hydrogen-bond acceptors (Lipinski definition) is 8. The number of ketones is 1. The van der Waals surface area contributed by atoms with Crippen LogP contribution in [0.2, 0.25) is 0 Å². The number of hydrogen-bond donors (Lipinski definition) is 1. The molecule has 1 aliphatic heterocycles. The van der Waals surface area contributed by atoms with E-state index in [0.29, 0.717) is 28.9 Å². The Bertz CT molecular complexity index is 1330. The van der Waals surface area contributed by atoms with Crippen molar-refractivity contribution in [2.45, 2.75) is 32.6 Å². The van der Waals surface area contributed by atoms with Crippen LogP contribution in [-0.4, -0.2) is 15.6 Å². The zero-order valence-electron chi connectivity index (χ0n) is 18.5. The van der Waals surface area contributed by atoms with Crippen molar-refractivity contribution in [2.24, 2.45) is 11.1 Å². The molecule has 0 spiro atoms. The highest BCUT2D eigenvalue weighted by Gasteiger charge is 2.44. The number of allylic oxidation sites excluding steroid dienone is 3. The molecular weight excluding hydrogens is 438 g/mol. The normalized spacial score (nSPS) is 19.5. The Labute approximate surface area is 194 Å². The molecule has 0 fully saturated rings. The summed E-state index contributed by atoms with van der Waals surface area (Å²) in [5.41, 5.74) is 7.80. The van der Waals surface area contributed by atoms with E-state index in [9.17, 15) is 30.3 Å². The number of nitro groups is 2. The fourth-order valence-electron chi connectivity index (χ4n) is 4.67. The number of rotatable bonds is 4. The van der Waals surface area contributed by atoms with Gasteiger partial charge in [-0.15, -0.1) is 0 Å². The molecule has 0 aromatic heterocycles. The summed E-state index contributed by atoms with van der Waals surface area (Å²) < 4.78 is 0. The highest BCUT2D eigenvalue weighted by molar-refractivity contribution is 6.01. The standard InChI is InChI=1S/C24H21N5O5/c1-24(2)11-19-22(20(30)12-24)21(14-6-8-15(9-7-14)28(31)32)18(13-25)23(26)27(19)16-4-3-5-17(10-16)29(33)34/h3-10,21H,11-12,26H2,1-2H3/t21-/m0/s1. The van der Waals surface area contributed by atoms with E-state index in [1.165, 1.54) is 42.5 Å². The predicted molar refractivity (Wildman–Crippen MR) is 123 cm³/mol. The van der Waals surface area contributed by atoms with Crippen LogP contribution >= 0.6 is 0 Å². The summed E-state index contributed by atoms with van der Waals surface area (Å²) in [4.78, 5) is 36.4. The van der Waals surface area contributed by atoms with E-state index in [2.05, 4.69) is 6.07 Å². The van der Waals surface area contributed by atoms with Gasteiger partial charge in [0.1, 0.15) is 5.82 Å². The lowest BCUT2D eigenvalue weighted by Gasteiger charge is -2.43. The first-order valence-corrected chi connectivity index (χ1v) is 10.5. The lowest BCUT2D eigenvalue weighted by atomic mass is 9.68. The van der Waals surface area contributed by atoms with Crippen molar-refractivity contribution < 1.29 is 14.6 Å². The zero-order chi connectivity index (χ0) is 24.8. The molecule has 4 rings (SSSR count). The number of nitriles is 1. The third-order valence-electron chi connectivity index (χ3n) is 6.12. The third kappa shape index (κ3) is 3.77. The zero-order valence-corrected chi connectivity index (χ0v) is 18.5. The molecule has 0 saturated carbocycles. The van der Waals surface area contributed by atoms with Crippen LogP contribution in [0.1, 0.15) is 38.2 Å². The minimum atomic E-state index is -0.792. The maximum atomic E-state index is 13.4. The molecule has 34 heavy (non-hydrogen) atoms. The van der Waals surface area contributed by atoms with Crippen molar-refractivity contribution in [3.8, 4) is 6.07 Å². The van der Waals surface area contributed by atoms with Crippen LogP contribution in [0.3, 0.4) is 0 Å². The van der Waals surface area contributed by atoms with Gasteiger partial charge in [-0.3, -0.25) is 29.9 Å². The molecule has 0 saturated heterocycles. The molecular formula is C24H21N5O5. The van der Waals surface area contributed by atoms with Crippen molar-refractivity contribution in [2.75, 3.05) is 4.90 Å². The van der Waals surface area contributed by atoms with Gasteiger partial charge in [-0.25, -0.2) is 0 Å². The van der Waals surface area contributed by atoms with Crippen LogP contribution in [0, 0.1) is 37.0 Å². The Kier molecular flexibility index (Phi) is 5.41. The van der Waals surface area contributed by atoms with Crippen LogP contribution < -0.4 is 10.6 Å². The van der Waals surface area contributed by atoms with Crippen LogP contribution in [0.25, 0.3) is 0 Å². The van der Waals surface area contributed by atoms with Gasteiger partial charge in [-0.05, 0) is 23.5 Å². The summed E-state index contributed by atoms with van der Waals surface area (Å²) in [5.74, 6) is -0.889. The molecule has 0 bridgehead atoms. The van der Waals surface area contributed by atoms with Crippen molar-refractivity contribution >= 4 is 22.8 Å². The number of benzene rings is 2. The third-order valence-corrected chi connectivity index (χ3v) is 6.12. The van der Waals surface area contributed by atoms with Crippen LogP contribution in [0.15, 0.2) is 71.2 Å². The van der Waals surface area contributed by atoms with Crippen LogP contribution in [0.5, 0.6) is 0 Å². The summed E-state index contributed by atoms with van der Waals surface area (Å²) in [7, 11) is 0. The number of carbonyl (C=O) groups is 1. The SMILES string of the molecule is CC1(C)CC(=O)C2=C(C1)N(c1cccc([N+](=O)[O-])c1)C(N)=C(C#N)[C@@H]2c1ccc([N+](=O)[O-])cc1. The largest absolute Gasteiger partial charge is 0.384 e. The second kappa shape index (κ2) is 8.12. The molecule has 172 valence electrons. The van der Waals surface area contributed by atoms with E-state index in [1.54, 1.807) is 11.0 Å². The summed E-state index contributed by atoms with van der Waals surface area (Å²) in [6.45, 7) is 3.89. The van der Waals surface area contributed by atoms with Crippen LogP contribution in [-0.2, 0) is 4.79 Å². The number of nitro benzene ring substituents is 2. The van der Waals surface area contributed by atoms with Crippen molar-refractivity contribution in [1.29, 1.82) is 5.26 Å². The number of nitrogens with two attached hydrogens (primary N) is 1. The number of Topliss-reactive ketones (excluding diaryl/α,β-unsaturated/α-hetero) is 1. The average molecular weight is 459 g/mol. The molecule has 2 aliphatic rings. The minimum Gasteiger partial charge on any atom is -0.384 e. The Balaban J connectivity index is 1.97. The van der Waals surface area contributed by atoms with Crippen molar-refractivity contribution in [3.05, 3.63) is 97.0 Å². The van der Waals surface area contributed by atoms with Gasteiger partial charge >= 0.3 is 0 Å². The maximum absolute atomic E-state index is 13.4. The lowest BCUT2D eigenvalue weighted by molar-refractivity contribution is -0.385. The first-order chi connectivity index (χ1) is 16.0. The highest BCUT2D eigenvalue weighted by Crippen LogP contribution is 2.50. The summed E-state index contributed by atoms with van der Waals surface area (Å²) in [6, 6.07) is 13.7. The first kappa shape index (κ1) is 22.7. The molecule has 2 aromatic carbocycles. The average Bonchev–Trinajstić information content (AvgIpc) is 2.77. The number of anilines is 1. The van der Waals surface area contributed by atoms with Gasteiger partial charge in [0.25, 0.3) is 11.4 Å². The van der Waals surface area contributed by atoms with Gasteiger partial charge in [-0.1, -0.05) is 32.0 Å². The van der Waals surface area contributed by atoms with E-state index in [4.69, 9.17) is 5.73 Å². The molecule has 10 nitrogen and oxygen atoms in total. The number of non-ortho nitro benzene ring substituents is 2. The predicted octanol–water partition coefficient (Wildman–Crippen LogP) is 4.44. The monoisotopic (exact) mass is 459 g/mol. The Morgan fingerprint density at radius 3 is 2.29 bits per heavy atom. The Morgan fingerprint density at radius 1 is 1.06 bits per heavy atom. The van der Waals surface area contributed by atoms with Crippen LogP contribution in [0.4, 0.5) is 17.1 Å². The molecule has 0 unspecified atom stereocenters. The van der Waals surface area contributed by atoms with Gasteiger partial charge < -0.3 is 5.73 Å². The smallest absolute Gasteiger partial charge is 0.271 e. The van der Waals surface area contributed by atoms with E-state index < -0.39 is 21.2 Å². The lowest BCUT2D eigenvalue weighted by Crippen LogP contribution is -2.42. The molecule has 0 amide bonds. The molecule has 0 radical (unpaired) electrons. The minimum absolute atomic E-state index is 0.0654. The van der Waals surface area contributed by atoms with E-state index in [0.717, 1.165) is 0 Å². The van der Waals surface area contributed by atoms with Gasteiger partial charge in [0, 0.05) is 42.0 Å². The quantitative estimate of drug-likeness (QED) is 0.519. The molecule has 10 heteroatoms. The molecule has 2 N–H and O–H groups in total. The molecule has 1 atom stereocenters. The highest BCUT2D eigenvalue weighted by atomic mass is 16.6. The molecule has 2 aromatic rings. The van der Waals surface area contributed by atoms with Gasteiger partial charge in [0.15, 0.2) is 5.78 Å². The molecule has 1 heterocycles. The maximum Gasteiger partial charge on any atom is 0.271 e. The van der Waals surface area contributed by atoms with E-state index in [1.807, 2.05) is 13.8 Å². The first-order valence-electron chi connectivity index (χ1n) is 10.5. The van der Waals surface area contributed by atoms with Gasteiger partial charge in [-0.2, -0.15) is 5.26 Å². The second-order valence-electron chi connectivity index (χ2n) is 9.11. The van der Waals surface area contributed by atoms with E-state index >= 15 is 0 Å². The fraction of sp³-hybridized carbons (Fsp3) is 0.250. The van der Waals surface area contributed by atoms with Gasteiger partial charge in [0.05, 0.1) is 33.1 Å². The summed E-state index contributed by atoms with van der Waals surface area (Å²) >= 11 is 0. The van der Waals surface area contributed by atoms with Crippen molar-refractivity contribution in [3.63, 3.8) is 0 Å². The Morgan fingerprint density at radius 2 is 1.71 bits per heavy atom. The second-order valence-corrected chi connectivity index (χ2v) is 9.11. The topological polar surface area (TPSA) is 156 Å². The number of nitrogens with zero attached hydrogens (tertiary/aromatic N) is 4. The number of carbonyl (C=O) groups excluding carboxylic acids is 1. The summed E-state index contributed by atoms with van der Waals surface area (Å²) in [6.07, 6.45) is 0.691. The van der Waals surface area contributed by atoms with Gasteiger partial charge in [0.2, 0.25) is 0 Å². The summed E-state index contributed by atoms with van der Waals surface area (Å²) in [5, 5.41) is 32.5. The Hall–Kier alpha value is -4.52. The van der Waals surface area contributed by atoms with Crippen molar-refractivity contribution in [1.82, 2.24) is 0 Å². The fourth-order valence-corrected chi connectivity index (χ4v) is 4.67.